The summed E-state index contributed by atoms with van der Waals surface area (Å²) in [4.78, 5) is 29.0. The summed E-state index contributed by atoms with van der Waals surface area (Å²) in [5.74, 6) is 0.583. The molecule has 0 aliphatic carbocycles. The Morgan fingerprint density at radius 1 is 1.03 bits per heavy atom. The van der Waals surface area contributed by atoms with E-state index in [9.17, 15) is 9.59 Å². The number of amides is 2. The van der Waals surface area contributed by atoms with E-state index in [1.165, 1.54) is 6.92 Å². The lowest BCUT2D eigenvalue weighted by Gasteiger charge is -2.38. The van der Waals surface area contributed by atoms with Gasteiger partial charge in [-0.25, -0.2) is 0 Å². The van der Waals surface area contributed by atoms with Crippen LogP contribution in [0.15, 0.2) is 42.5 Å². The van der Waals surface area contributed by atoms with Crippen molar-refractivity contribution in [1.82, 2.24) is 5.32 Å². The number of hydrogen-bond donors (Lipinski definition) is 2. The van der Waals surface area contributed by atoms with Crippen molar-refractivity contribution in [2.24, 2.45) is 0 Å². The number of rotatable bonds is 7. The van der Waals surface area contributed by atoms with Gasteiger partial charge in [0, 0.05) is 50.5 Å². The molecule has 1 aliphatic rings. The highest BCUT2D eigenvalue weighted by Crippen LogP contribution is 2.31. The van der Waals surface area contributed by atoms with E-state index in [0.29, 0.717) is 11.3 Å². The molecule has 1 saturated heterocycles. The average molecular weight is 425 g/mol. The Kier molecular flexibility index (Phi) is 7.39. The first kappa shape index (κ1) is 22.5. The maximum atomic E-state index is 13.0. The fourth-order valence-corrected chi connectivity index (χ4v) is 3.76. The van der Waals surface area contributed by atoms with Gasteiger partial charge in [0.1, 0.15) is 5.75 Å². The van der Waals surface area contributed by atoms with Crippen LogP contribution < -0.4 is 25.2 Å². The number of para-hydroxylation sites is 2. The third-order valence-electron chi connectivity index (χ3n) is 5.60. The fourth-order valence-electron chi connectivity index (χ4n) is 3.76. The van der Waals surface area contributed by atoms with Crippen LogP contribution in [0.25, 0.3) is 0 Å². The molecule has 0 aromatic heterocycles. The largest absolute Gasteiger partial charge is 0.495 e. The second-order valence-corrected chi connectivity index (χ2v) is 7.84. The van der Waals surface area contributed by atoms with Gasteiger partial charge >= 0.3 is 0 Å². The van der Waals surface area contributed by atoms with Gasteiger partial charge in [-0.2, -0.15) is 0 Å². The van der Waals surface area contributed by atoms with Gasteiger partial charge in [0.05, 0.1) is 18.4 Å². The van der Waals surface area contributed by atoms with Crippen molar-refractivity contribution in [2.75, 3.05) is 48.4 Å². The Hall–Kier alpha value is -3.22. The number of ether oxygens (including phenoxy) is 1. The van der Waals surface area contributed by atoms with Gasteiger partial charge in [0.15, 0.2) is 0 Å². The Morgan fingerprint density at radius 3 is 2.29 bits per heavy atom. The first-order valence-electron chi connectivity index (χ1n) is 10.8. The van der Waals surface area contributed by atoms with Crippen molar-refractivity contribution in [3.05, 3.63) is 48.0 Å². The molecule has 2 aromatic rings. The lowest BCUT2D eigenvalue weighted by Crippen LogP contribution is -2.47. The Bertz CT molecular complexity index is 923. The van der Waals surface area contributed by atoms with Crippen LogP contribution in [0.4, 0.5) is 17.1 Å². The summed E-state index contributed by atoms with van der Waals surface area (Å²) in [7, 11) is 1.69. The summed E-state index contributed by atoms with van der Waals surface area (Å²) in [5.41, 5.74) is 3.17. The number of piperazine rings is 1. The highest BCUT2D eigenvalue weighted by Gasteiger charge is 2.24. The van der Waals surface area contributed by atoms with Gasteiger partial charge < -0.3 is 25.2 Å². The average Bonchev–Trinajstić information content (AvgIpc) is 2.78. The van der Waals surface area contributed by atoms with Crippen molar-refractivity contribution in [1.29, 1.82) is 0 Å². The van der Waals surface area contributed by atoms with E-state index < -0.39 is 0 Å². The van der Waals surface area contributed by atoms with Crippen molar-refractivity contribution in [2.45, 2.75) is 33.2 Å². The molecule has 1 aliphatic heterocycles. The third-order valence-corrected chi connectivity index (χ3v) is 5.60. The van der Waals surface area contributed by atoms with E-state index in [1.54, 1.807) is 13.2 Å². The van der Waals surface area contributed by atoms with Crippen LogP contribution in [-0.4, -0.2) is 51.1 Å². The lowest BCUT2D eigenvalue weighted by molar-refractivity contribution is -0.114. The molecule has 1 heterocycles. The van der Waals surface area contributed by atoms with E-state index in [4.69, 9.17) is 4.74 Å². The smallest absolute Gasteiger partial charge is 0.253 e. The summed E-state index contributed by atoms with van der Waals surface area (Å²) in [6, 6.07) is 13.6. The van der Waals surface area contributed by atoms with E-state index in [1.807, 2.05) is 44.2 Å². The topological polar surface area (TPSA) is 73.9 Å². The van der Waals surface area contributed by atoms with Gasteiger partial charge in [-0.15, -0.1) is 0 Å². The van der Waals surface area contributed by atoms with Crippen molar-refractivity contribution >= 4 is 28.9 Å². The SMILES string of the molecule is CC[C@@H](C)NC(=O)c1cc(NC(C)=O)ccc1N1CCN(c2ccccc2OC)CC1. The molecule has 0 saturated carbocycles. The second kappa shape index (κ2) is 10.2. The zero-order valence-electron chi connectivity index (χ0n) is 18.8. The molecular weight excluding hydrogens is 392 g/mol. The maximum absolute atomic E-state index is 13.0. The van der Waals surface area contributed by atoms with E-state index in [2.05, 4.69) is 26.5 Å². The zero-order chi connectivity index (χ0) is 22.4. The highest BCUT2D eigenvalue weighted by atomic mass is 16.5. The number of methoxy groups -OCH3 is 1. The summed E-state index contributed by atoms with van der Waals surface area (Å²) in [5, 5.41) is 5.83. The second-order valence-electron chi connectivity index (χ2n) is 7.84. The molecule has 0 unspecified atom stereocenters. The highest BCUT2D eigenvalue weighted by molar-refractivity contribution is 6.02. The molecule has 0 radical (unpaired) electrons. The number of nitrogens with one attached hydrogen (secondary N) is 2. The Labute approximate surface area is 184 Å². The molecule has 2 aromatic carbocycles. The molecule has 2 N–H and O–H groups in total. The molecule has 0 bridgehead atoms. The molecular formula is C24H32N4O3. The molecule has 1 fully saturated rings. The van der Waals surface area contributed by atoms with Crippen LogP contribution in [0.5, 0.6) is 5.75 Å². The number of anilines is 3. The molecule has 1 atom stereocenters. The van der Waals surface area contributed by atoms with Gasteiger partial charge in [0.25, 0.3) is 5.91 Å². The van der Waals surface area contributed by atoms with Crippen molar-refractivity contribution < 1.29 is 14.3 Å². The van der Waals surface area contributed by atoms with Gasteiger partial charge in [-0.1, -0.05) is 19.1 Å². The van der Waals surface area contributed by atoms with Gasteiger partial charge in [-0.05, 0) is 43.7 Å². The maximum Gasteiger partial charge on any atom is 0.253 e. The fraction of sp³-hybridized carbons (Fsp3) is 0.417. The predicted molar refractivity (Wildman–Crippen MR) is 125 cm³/mol. The van der Waals surface area contributed by atoms with Gasteiger partial charge in [-0.3, -0.25) is 9.59 Å². The molecule has 31 heavy (non-hydrogen) atoms. The Balaban J connectivity index is 1.81. The van der Waals surface area contributed by atoms with Crippen LogP contribution in [0, 0.1) is 0 Å². The van der Waals surface area contributed by atoms with Crippen LogP contribution >= 0.6 is 0 Å². The number of hydrogen-bond acceptors (Lipinski definition) is 5. The number of carbonyl (C=O) groups is 2. The van der Waals surface area contributed by atoms with E-state index in [0.717, 1.165) is 49.7 Å². The summed E-state index contributed by atoms with van der Waals surface area (Å²) in [6.07, 6.45) is 0.851. The van der Waals surface area contributed by atoms with E-state index in [-0.39, 0.29) is 17.9 Å². The lowest BCUT2D eigenvalue weighted by atomic mass is 10.1. The first-order chi connectivity index (χ1) is 14.9. The van der Waals surface area contributed by atoms with Crippen LogP contribution in [0.1, 0.15) is 37.6 Å². The molecule has 3 rings (SSSR count). The van der Waals surface area contributed by atoms with Gasteiger partial charge in [0.2, 0.25) is 5.91 Å². The first-order valence-corrected chi connectivity index (χ1v) is 10.8. The van der Waals surface area contributed by atoms with Crippen molar-refractivity contribution in [3.63, 3.8) is 0 Å². The molecule has 0 spiro atoms. The quantitative estimate of drug-likeness (QED) is 0.712. The number of carbonyl (C=O) groups excluding carboxylic acids is 2. The van der Waals surface area contributed by atoms with E-state index >= 15 is 0 Å². The molecule has 7 nitrogen and oxygen atoms in total. The number of nitrogens with zero attached hydrogens (tertiary/aromatic N) is 2. The monoisotopic (exact) mass is 424 g/mol. The standard InChI is InChI=1S/C24H32N4O3/c1-5-17(2)25-24(30)20-16-19(26-18(3)29)10-11-21(20)27-12-14-28(15-13-27)22-8-6-7-9-23(22)31-4/h6-11,16-17H,5,12-15H2,1-4H3,(H,25,30)(H,26,29)/t17-/m1/s1. The summed E-state index contributed by atoms with van der Waals surface area (Å²) < 4.78 is 5.51. The third kappa shape index (κ3) is 5.48. The van der Waals surface area contributed by atoms with Crippen LogP contribution in [0.2, 0.25) is 0 Å². The molecule has 2 amide bonds. The zero-order valence-corrected chi connectivity index (χ0v) is 18.8. The number of benzene rings is 2. The summed E-state index contributed by atoms with van der Waals surface area (Å²) >= 11 is 0. The van der Waals surface area contributed by atoms with Crippen LogP contribution in [-0.2, 0) is 4.79 Å². The summed E-state index contributed by atoms with van der Waals surface area (Å²) in [6.45, 7) is 8.69. The normalized spacial score (nSPS) is 14.7. The van der Waals surface area contributed by atoms with Crippen molar-refractivity contribution in [3.8, 4) is 5.75 Å². The minimum Gasteiger partial charge on any atom is -0.495 e. The minimum atomic E-state index is -0.161. The minimum absolute atomic E-state index is 0.0761. The predicted octanol–water partition coefficient (Wildman–Crippen LogP) is 3.51. The Morgan fingerprint density at radius 2 is 1.68 bits per heavy atom. The van der Waals surface area contributed by atoms with Crippen LogP contribution in [0.3, 0.4) is 0 Å². The molecule has 7 heteroatoms. The molecule has 166 valence electrons.